The summed E-state index contributed by atoms with van der Waals surface area (Å²) in [7, 11) is 0. The number of para-hydroxylation sites is 1. The molecule has 1 atom stereocenters. The van der Waals surface area contributed by atoms with Crippen LogP contribution in [-0.4, -0.2) is 31.6 Å². The van der Waals surface area contributed by atoms with Crippen molar-refractivity contribution in [2.24, 2.45) is 11.7 Å². The van der Waals surface area contributed by atoms with E-state index in [9.17, 15) is 4.79 Å². The molecule has 1 aliphatic rings. The normalized spacial score (nSPS) is 18.3. The molecule has 0 bridgehead atoms. The molecule has 1 amide bonds. The van der Waals surface area contributed by atoms with Crippen molar-refractivity contribution in [1.29, 1.82) is 0 Å². The molecule has 1 aromatic rings. The number of nitrogens with zero attached hydrogens (tertiary/aromatic N) is 1. The summed E-state index contributed by atoms with van der Waals surface area (Å²) < 4.78 is 0. The number of rotatable bonds is 4. The molecule has 1 heterocycles. The average molecular weight is 261 g/mol. The molecule has 0 radical (unpaired) electrons. The lowest BCUT2D eigenvalue weighted by Gasteiger charge is -2.34. The molecule has 0 aliphatic carbocycles. The summed E-state index contributed by atoms with van der Waals surface area (Å²) in [6.45, 7) is 6.03. The zero-order valence-corrected chi connectivity index (χ0v) is 11.7. The zero-order chi connectivity index (χ0) is 13.8. The first-order valence-corrected chi connectivity index (χ1v) is 6.91. The minimum absolute atomic E-state index is 0.0672. The van der Waals surface area contributed by atoms with E-state index < -0.39 is 0 Å². The van der Waals surface area contributed by atoms with Crippen LogP contribution in [-0.2, 0) is 11.2 Å². The highest BCUT2D eigenvalue weighted by atomic mass is 16.2. The molecule has 104 valence electrons. The van der Waals surface area contributed by atoms with Gasteiger partial charge in [0.2, 0.25) is 5.91 Å². The summed E-state index contributed by atoms with van der Waals surface area (Å²) >= 11 is 0. The molecule has 1 unspecified atom stereocenters. The Morgan fingerprint density at radius 1 is 1.47 bits per heavy atom. The summed E-state index contributed by atoms with van der Waals surface area (Å²) in [6, 6.07) is 8.29. The minimum Gasteiger partial charge on any atom is -0.360 e. The number of fused-ring (bicyclic) bond motifs is 1. The SMILES string of the molecule is CC(C)CNC(=O)CN1CC(N)Cc2ccccc21. The second-order valence-electron chi connectivity index (χ2n) is 5.67. The predicted octanol–water partition coefficient (Wildman–Crippen LogP) is 1.15. The maximum Gasteiger partial charge on any atom is 0.239 e. The first-order chi connectivity index (χ1) is 9.06. The molecule has 0 fully saturated rings. The lowest BCUT2D eigenvalue weighted by Crippen LogP contribution is -2.47. The van der Waals surface area contributed by atoms with Crippen molar-refractivity contribution in [1.82, 2.24) is 5.32 Å². The van der Waals surface area contributed by atoms with E-state index in [0.29, 0.717) is 12.5 Å². The predicted molar refractivity (Wildman–Crippen MR) is 78.2 cm³/mol. The van der Waals surface area contributed by atoms with Gasteiger partial charge in [-0.25, -0.2) is 0 Å². The molecular formula is C15H23N3O. The monoisotopic (exact) mass is 261 g/mol. The highest BCUT2D eigenvalue weighted by Gasteiger charge is 2.23. The van der Waals surface area contributed by atoms with E-state index in [0.717, 1.165) is 25.2 Å². The number of benzene rings is 1. The average Bonchev–Trinajstić information content (AvgIpc) is 2.36. The van der Waals surface area contributed by atoms with Gasteiger partial charge in [0.05, 0.1) is 6.54 Å². The Bertz CT molecular complexity index is 445. The van der Waals surface area contributed by atoms with Gasteiger partial charge in [0, 0.05) is 24.8 Å². The highest BCUT2D eigenvalue weighted by Crippen LogP contribution is 2.25. The number of carbonyl (C=O) groups is 1. The van der Waals surface area contributed by atoms with Crippen molar-refractivity contribution < 1.29 is 4.79 Å². The van der Waals surface area contributed by atoms with Crippen LogP contribution < -0.4 is 16.0 Å². The lowest BCUT2D eigenvalue weighted by atomic mass is 9.98. The van der Waals surface area contributed by atoms with Crippen LogP contribution in [0.1, 0.15) is 19.4 Å². The Morgan fingerprint density at radius 3 is 2.95 bits per heavy atom. The summed E-state index contributed by atoms with van der Waals surface area (Å²) in [5.74, 6) is 0.539. The van der Waals surface area contributed by atoms with Crippen LogP contribution in [0.3, 0.4) is 0 Å². The third kappa shape index (κ3) is 3.70. The van der Waals surface area contributed by atoms with Crippen molar-refractivity contribution in [2.45, 2.75) is 26.3 Å². The fourth-order valence-corrected chi connectivity index (χ4v) is 2.42. The Hall–Kier alpha value is -1.55. The van der Waals surface area contributed by atoms with Crippen molar-refractivity contribution in [3.8, 4) is 0 Å². The van der Waals surface area contributed by atoms with E-state index in [4.69, 9.17) is 5.73 Å². The maximum absolute atomic E-state index is 11.9. The number of anilines is 1. The van der Waals surface area contributed by atoms with Crippen LogP contribution in [0.15, 0.2) is 24.3 Å². The molecule has 1 aliphatic heterocycles. The maximum atomic E-state index is 11.9. The van der Waals surface area contributed by atoms with Crippen LogP contribution in [0.2, 0.25) is 0 Å². The van der Waals surface area contributed by atoms with Crippen LogP contribution in [0.4, 0.5) is 5.69 Å². The Labute approximate surface area is 115 Å². The smallest absolute Gasteiger partial charge is 0.239 e. The van der Waals surface area contributed by atoms with E-state index in [-0.39, 0.29) is 11.9 Å². The fourth-order valence-electron chi connectivity index (χ4n) is 2.42. The van der Waals surface area contributed by atoms with E-state index in [1.165, 1.54) is 5.56 Å². The third-order valence-electron chi connectivity index (χ3n) is 3.31. The second kappa shape index (κ2) is 6.06. The number of hydrogen-bond acceptors (Lipinski definition) is 3. The number of amides is 1. The quantitative estimate of drug-likeness (QED) is 0.855. The van der Waals surface area contributed by atoms with E-state index in [1.807, 2.05) is 12.1 Å². The van der Waals surface area contributed by atoms with Crippen LogP contribution >= 0.6 is 0 Å². The Balaban J connectivity index is 2.02. The molecule has 0 aromatic heterocycles. The van der Waals surface area contributed by atoms with Gasteiger partial charge in [0.25, 0.3) is 0 Å². The Kier molecular flexibility index (Phi) is 4.43. The summed E-state index contributed by atoms with van der Waals surface area (Å²) in [5.41, 5.74) is 8.44. The number of nitrogens with one attached hydrogen (secondary N) is 1. The van der Waals surface area contributed by atoms with Crippen LogP contribution in [0.5, 0.6) is 0 Å². The standard InChI is InChI=1S/C15H23N3O/c1-11(2)8-17-15(19)10-18-9-13(16)7-12-5-3-4-6-14(12)18/h3-6,11,13H,7-10,16H2,1-2H3,(H,17,19). The van der Waals surface area contributed by atoms with Crippen molar-refractivity contribution >= 4 is 11.6 Å². The zero-order valence-electron chi connectivity index (χ0n) is 11.7. The van der Waals surface area contributed by atoms with Gasteiger partial charge in [0.15, 0.2) is 0 Å². The van der Waals surface area contributed by atoms with E-state index in [1.54, 1.807) is 0 Å². The number of hydrogen-bond donors (Lipinski definition) is 2. The first kappa shape index (κ1) is 13.9. The highest BCUT2D eigenvalue weighted by molar-refractivity contribution is 5.82. The third-order valence-corrected chi connectivity index (χ3v) is 3.31. The summed E-state index contributed by atoms with van der Waals surface area (Å²) in [5, 5.41) is 2.95. The second-order valence-corrected chi connectivity index (χ2v) is 5.67. The largest absolute Gasteiger partial charge is 0.360 e. The van der Waals surface area contributed by atoms with Gasteiger partial charge >= 0.3 is 0 Å². The minimum atomic E-state index is 0.0672. The number of carbonyl (C=O) groups excluding carboxylic acids is 1. The fraction of sp³-hybridized carbons (Fsp3) is 0.533. The molecule has 4 nitrogen and oxygen atoms in total. The molecule has 0 saturated carbocycles. The van der Waals surface area contributed by atoms with Gasteiger partial charge in [-0.05, 0) is 24.0 Å². The van der Waals surface area contributed by atoms with Crippen molar-refractivity contribution in [3.05, 3.63) is 29.8 Å². The molecule has 3 N–H and O–H groups in total. The number of nitrogens with two attached hydrogens (primary N) is 1. The molecule has 0 spiro atoms. The van der Waals surface area contributed by atoms with Crippen molar-refractivity contribution in [3.63, 3.8) is 0 Å². The van der Waals surface area contributed by atoms with Gasteiger partial charge in [-0.2, -0.15) is 0 Å². The van der Waals surface area contributed by atoms with Crippen molar-refractivity contribution in [2.75, 3.05) is 24.5 Å². The van der Waals surface area contributed by atoms with Gasteiger partial charge in [-0.15, -0.1) is 0 Å². The summed E-state index contributed by atoms with van der Waals surface area (Å²) in [4.78, 5) is 14.0. The van der Waals surface area contributed by atoms with Gasteiger partial charge < -0.3 is 16.0 Å². The van der Waals surface area contributed by atoms with Crippen LogP contribution in [0.25, 0.3) is 0 Å². The summed E-state index contributed by atoms with van der Waals surface area (Å²) in [6.07, 6.45) is 0.889. The first-order valence-electron chi connectivity index (χ1n) is 6.91. The van der Waals surface area contributed by atoms with Gasteiger partial charge in [-0.1, -0.05) is 32.0 Å². The molecule has 4 heteroatoms. The molecular weight excluding hydrogens is 238 g/mol. The van der Waals surface area contributed by atoms with Gasteiger partial charge in [-0.3, -0.25) is 4.79 Å². The lowest BCUT2D eigenvalue weighted by molar-refractivity contribution is -0.119. The molecule has 0 saturated heterocycles. The molecule has 19 heavy (non-hydrogen) atoms. The van der Waals surface area contributed by atoms with E-state index >= 15 is 0 Å². The van der Waals surface area contributed by atoms with Crippen LogP contribution in [0, 0.1) is 5.92 Å². The van der Waals surface area contributed by atoms with E-state index in [2.05, 4.69) is 36.2 Å². The Morgan fingerprint density at radius 2 is 2.21 bits per heavy atom. The molecule has 1 aromatic carbocycles. The topological polar surface area (TPSA) is 58.4 Å². The molecule has 2 rings (SSSR count). The van der Waals surface area contributed by atoms with Gasteiger partial charge in [0.1, 0.15) is 0 Å².